The van der Waals surface area contributed by atoms with Crippen LogP contribution in [0.1, 0.15) is 10.4 Å². The fourth-order valence-electron chi connectivity index (χ4n) is 2.87. The van der Waals surface area contributed by atoms with Gasteiger partial charge < -0.3 is 15.4 Å². The van der Waals surface area contributed by atoms with Gasteiger partial charge >= 0.3 is 0 Å². The number of aromatic nitrogens is 1. The molecule has 32 heavy (non-hydrogen) atoms. The molecule has 162 valence electrons. The first-order valence-electron chi connectivity index (χ1n) is 9.54. The van der Waals surface area contributed by atoms with Crippen molar-refractivity contribution in [3.05, 3.63) is 78.1 Å². The van der Waals surface area contributed by atoms with Crippen LogP contribution in [0.5, 0.6) is 5.75 Å². The summed E-state index contributed by atoms with van der Waals surface area (Å²) in [5.74, 6) is -0.0538. The molecule has 3 aromatic carbocycles. The van der Waals surface area contributed by atoms with Crippen LogP contribution in [0.3, 0.4) is 0 Å². The molecule has 6 nitrogen and oxygen atoms in total. The Hall–Kier alpha value is -3.43. The monoisotopic (exact) mass is 467 g/mol. The number of benzene rings is 3. The molecule has 0 bridgehead atoms. The molecule has 0 spiro atoms. The zero-order valence-corrected chi connectivity index (χ0v) is 18.6. The van der Waals surface area contributed by atoms with Gasteiger partial charge in [0.15, 0.2) is 4.34 Å². The van der Waals surface area contributed by atoms with E-state index in [-0.39, 0.29) is 17.2 Å². The number of hydrogen-bond acceptors (Lipinski definition) is 6. The van der Waals surface area contributed by atoms with E-state index in [2.05, 4.69) is 15.6 Å². The molecule has 0 saturated heterocycles. The van der Waals surface area contributed by atoms with Crippen LogP contribution >= 0.6 is 23.1 Å². The molecular formula is C23H18FN3O3S2. The Morgan fingerprint density at radius 3 is 2.56 bits per heavy atom. The van der Waals surface area contributed by atoms with Gasteiger partial charge in [-0.05, 0) is 60.7 Å². The second-order valence-corrected chi connectivity index (χ2v) is 8.95. The highest BCUT2D eigenvalue weighted by atomic mass is 32.2. The Labute approximate surface area is 191 Å². The standard InChI is InChI=1S/C23H18FN3O3S2/c1-30-18-8-5-16(6-9-18)25-21(28)13-31-23-27-19-10-7-17(12-20(19)32-23)26-22(29)14-3-2-4-15(24)11-14/h2-12H,13H2,1H3,(H,25,28)(H,26,29). The maximum atomic E-state index is 13.3. The number of carbonyl (C=O) groups is 2. The first kappa shape index (κ1) is 21.8. The second-order valence-electron chi connectivity index (χ2n) is 6.69. The first-order valence-corrected chi connectivity index (χ1v) is 11.3. The largest absolute Gasteiger partial charge is 0.497 e. The summed E-state index contributed by atoms with van der Waals surface area (Å²) in [7, 11) is 1.59. The first-order chi connectivity index (χ1) is 15.5. The van der Waals surface area contributed by atoms with Crippen LogP contribution in [0, 0.1) is 5.82 Å². The Bertz CT molecular complexity index is 1280. The Kier molecular flexibility index (Phi) is 6.67. The average molecular weight is 468 g/mol. The fourth-order valence-corrected chi connectivity index (χ4v) is 4.78. The highest BCUT2D eigenvalue weighted by molar-refractivity contribution is 8.01. The van der Waals surface area contributed by atoms with Gasteiger partial charge in [-0.3, -0.25) is 9.59 Å². The van der Waals surface area contributed by atoms with E-state index in [1.54, 1.807) is 49.6 Å². The molecule has 0 aliphatic carbocycles. The van der Waals surface area contributed by atoms with Crippen molar-refractivity contribution in [2.75, 3.05) is 23.5 Å². The third kappa shape index (κ3) is 5.43. The number of fused-ring (bicyclic) bond motifs is 1. The summed E-state index contributed by atoms with van der Waals surface area (Å²) >= 11 is 2.78. The smallest absolute Gasteiger partial charge is 0.255 e. The summed E-state index contributed by atoms with van der Waals surface area (Å²) in [4.78, 5) is 29.1. The maximum Gasteiger partial charge on any atom is 0.255 e. The number of hydrogen-bond donors (Lipinski definition) is 2. The number of ether oxygens (including phenoxy) is 1. The molecule has 0 aliphatic rings. The van der Waals surface area contributed by atoms with E-state index in [1.807, 2.05) is 6.07 Å². The van der Waals surface area contributed by atoms with E-state index < -0.39 is 11.7 Å². The van der Waals surface area contributed by atoms with Gasteiger partial charge in [0.25, 0.3) is 5.91 Å². The van der Waals surface area contributed by atoms with Crippen molar-refractivity contribution >= 4 is 56.5 Å². The van der Waals surface area contributed by atoms with Crippen molar-refractivity contribution in [1.82, 2.24) is 4.98 Å². The third-order valence-electron chi connectivity index (χ3n) is 4.41. The van der Waals surface area contributed by atoms with E-state index in [4.69, 9.17) is 4.74 Å². The highest BCUT2D eigenvalue weighted by Crippen LogP contribution is 2.31. The lowest BCUT2D eigenvalue weighted by atomic mass is 10.2. The molecular weight excluding hydrogens is 449 g/mol. The molecule has 0 atom stereocenters. The zero-order valence-electron chi connectivity index (χ0n) is 16.9. The summed E-state index contributed by atoms with van der Waals surface area (Å²) in [6.45, 7) is 0. The normalized spacial score (nSPS) is 10.7. The molecule has 0 radical (unpaired) electrons. The van der Waals surface area contributed by atoms with Crippen molar-refractivity contribution in [1.29, 1.82) is 0 Å². The lowest BCUT2D eigenvalue weighted by Gasteiger charge is -2.05. The fraction of sp³-hybridized carbons (Fsp3) is 0.0870. The summed E-state index contributed by atoms with van der Waals surface area (Å²) < 4.78 is 20.1. The maximum absolute atomic E-state index is 13.3. The van der Waals surface area contributed by atoms with Crippen LogP contribution in [0.15, 0.2) is 71.1 Å². The number of amides is 2. The van der Waals surface area contributed by atoms with E-state index in [9.17, 15) is 14.0 Å². The molecule has 2 N–H and O–H groups in total. The molecule has 1 heterocycles. The molecule has 4 aromatic rings. The lowest BCUT2D eigenvalue weighted by Crippen LogP contribution is -2.13. The van der Waals surface area contributed by atoms with E-state index in [0.29, 0.717) is 11.4 Å². The number of carbonyl (C=O) groups excluding carboxylic acids is 2. The SMILES string of the molecule is COc1ccc(NC(=O)CSc2nc3ccc(NC(=O)c4cccc(F)c4)cc3s2)cc1. The number of anilines is 2. The van der Waals surface area contributed by atoms with Gasteiger partial charge in [0.1, 0.15) is 11.6 Å². The Morgan fingerprint density at radius 2 is 1.81 bits per heavy atom. The average Bonchev–Trinajstić information content (AvgIpc) is 3.20. The predicted molar refractivity (Wildman–Crippen MR) is 126 cm³/mol. The number of nitrogens with one attached hydrogen (secondary N) is 2. The van der Waals surface area contributed by atoms with Crippen LogP contribution in [0.25, 0.3) is 10.2 Å². The summed E-state index contributed by atoms with van der Waals surface area (Å²) in [5.41, 5.74) is 2.30. The van der Waals surface area contributed by atoms with Crippen LogP contribution in [0.4, 0.5) is 15.8 Å². The zero-order chi connectivity index (χ0) is 22.5. The van der Waals surface area contributed by atoms with Crippen molar-refractivity contribution in [3.63, 3.8) is 0 Å². The van der Waals surface area contributed by atoms with Crippen LogP contribution in [-0.4, -0.2) is 29.7 Å². The molecule has 0 unspecified atom stereocenters. The van der Waals surface area contributed by atoms with Gasteiger partial charge in [0.2, 0.25) is 5.91 Å². The van der Waals surface area contributed by atoms with Gasteiger partial charge in [0, 0.05) is 16.9 Å². The van der Waals surface area contributed by atoms with Crippen molar-refractivity contribution in [2.45, 2.75) is 4.34 Å². The van der Waals surface area contributed by atoms with Crippen LogP contribution in [-0.2, 0) is 4.79 Å². The molecule has 1 aromatic heterocycles. The van der Waals surface area contributed by atoms with E-state index in [1.165, 1.54) is 41.3 Å². The minimum absolute atomic E-state index is 0.137. The molecule has 9 heteroatoms. The molecule has 0 fully saturated rings. The molecule has 4 rings (SSSR count). The van der Waals surface area contributed by atoms with Crippen LogP contribution in [0.2, 0.25) is 0 Å². The van der Waals surface area contributed by atoms with Gasteiger partial charge in [0.05, 0.1) is 23.1 Å². The van der Waals surface area contributed by atoms with Gasteiger partial charge in [-0.2, -0.15) is 0 Å². The van der Waals surface area contributed by atoms with Crippen molar-refractivity contribution in [2.24, 2.45) is 0 Å². The number of nitrogens with zero attached hydrogens (tertiary/aromatic N) is 1. The van der Waals surface area contributed by atoms with Gasteiger partial charge in [-0.25, -0.2) is 9.37 Å². The number of rotatable bonds is 7. The van der Waals surface area contributed by atoms with Crippen molar-refractivity contribution in [3.8, 4) is 5.75 Å². The van der Waals surface area contributed by atoms with Gasteiger partial charge in [-0.15, -0.1) is 11.3 Å². The minimum atomic E-state index is -0.465. The quantitative estimate of drug-likeness (QED) is 0.355. The lowest BCUT2D eigenvalue weighted by molar-refractivity contribution is -0.113. The van der Waals surface area contributed by atoms with Crippen molar-refractivity contribution < 1.29 is 18.7 Å². The molecule has 0 saturated carbocycles. The van der Waals surface area contributed by atoms with Gasteiger partial charge in [-0.1, -0.05) is 17.8 Å². The number of thiazole rings is 1. The number of halogens is 1. The summed E-state index contributed by atoms with van der Waals surface area (Å²) in [6.07, 6.45) is 0. The topological polar surface area (TPSA) is 80.3 Å². The summed E-state index contributed by atoms with van der Waals surface area (Å²) in [6, 6.07) is 18.0. The number of methoxy groups -OCH3 is 1. The van der Waals surface area contributed by atoms with Crippen LogP contribution < -0.4 is 15.4 Å². The summed E-state index contributed by atoms with van der Waals surface area (Å²) in [5, 5.41) is 5.60. The molecule has 0 aliphatic heterocycles. The third-order valence-corrected chi connectivity index (χ3v) is 6.58. The Balaban J connectivity index is 1.37. The molecule has 2 amide bonds. The Morgan fingerprint density at radius 1 is 1.03 bits per heavy atom. The number of thioether (sulfide) groups is 1. The van der Waals surface area contributed by atoms with E-state index in [0.717, 1.165) is 20.3 Å². The van der Waals surface area contributed by atoms with E-state index >= 15 is 0 Å². The second kappa shape index (κ2) is 9.80. The predicted octanol–water partition coefficient (Wildman–Crippen LogP) is 5.43. The highest BCUT2D eigenvalue weighted by Gasteiger charge is 2.11. The minimum Gasteiger partial charge on any atom is -0.497 e.